The van der Waals surface area contributed by atoms with Gasteiger partial charge >= 0.3 is 0 Å². The average molecular weight is 448 g/mol. The van der Waals surface area contributed by atoms with Crippen molar-refractivity contribution in [2.75, 3.05) is 12.4 Å². The second kappa shape index (κ2) is 9.32. The molecule has 0 aliphatic heterocycles. The van der Waals surface area contributed by atoms with E-state index >= 15 is 0 Å². The number of aryl methyl sites for hydroxylation is 2. The van der Waals surface area contributed by atoms with Gasteiger partial charge in [0.2, 0.25) is 5.95 Å². The van der Waals surface area contributed by atoms with Crippen molar-refractivity contribution in [3.05, 3.63) is 71.5 Å². The monoisotopic (exact) mass is 447 g/mol. The zero-order valence-corrected chi connectivity index (χ0v) is 19.6. The number of hydrogen-bond donors (Lipinski definition) is 2. The summed E-state index contributed by atoms with van der Waals surface area (Å²) in [5.74, 6) is 2.12. The summed E-state index contributed by atoms with van der Waals surface area (Å²) >= 11 is 0. The van der Waals surface area contributed by atoms with Crippen molar-refractivity contribution >= 4 is 28.6 Å². The van der Waals surface area contributed by atoms with Crippen molar-refractivity contribution in [1.82, 2.24) is 19.9 Å². The predicted molar refractivity (Wildman–Crippen MR) is 136 cm³/mol. The lowest BCUT2D eigenvalue weighted by molar-refractivity contribution is 0.0958. The van der Waals surface area contributed by atoms with E-state index in [1.165, 1.54) is 11.1 Å². The van der Waals surface area contributed by atoms with E-state index in [-0.39, 0.29) is 8.76 Å². The molecule has 174 valence electrons. The first kappa shape index (κ1) is 22.3. The molecule has 0 radical (unpaired) electrons. The molecule has 0 aliphatic carbocycles. The molecule has 0 fully saturated rings. The highest BCUT2D eigenvalue weighted by Gasteiger charge is 2.12. The van der Waals surface area contributed by atoms with Gasteiger partial charge in [0.25, 0.3) is 5.91 Å². The van der Waals surface area contributed by atoms with Gasteiger partial charge in [0.15, 0.2) is 0 Å². The fraction of sp³-hybridized carbons (Fsp3) is 0.269. The highest BCUT2D eigenvalue weighted by atomic mass is 16.5. The standard InChI is InChI=1S/C26H29N5O2.2H2/c1-6-17-7-8-18(13-21(17)16(2)3)29-26-30-22-14-19(9-10-24(22)31(26)5)33-20-11-12-28-23(15-20)25(32)27-4;;/h7-16H,6H2,1-5H3,(H,27,32)(H,29,30);2*1H. The van der Waals surface area contributed by atoms with Gasteiger partial charge in [-0.3, -0.25) is 9.78 Å². The number of imidazole rings is 1. The molecule has 2 aromatic carbocycles. The molecule has 2 heterocycles. The summed E-state index contributed by atoms with van der Waals surface area (Å²) in [6.07, 6.45) is 2.57. The Morgan fingerprint density at radius 3 is 2.64 bits per heavy atom. The van der Waals surface area contributed by atoms with E-state index in [9.17, 15) is 4.79 Å². The quantitative estimate of drug-likeness (QED) is 0.361. The van der Waals surface area contributed by atoms with Crippen LogP contribution in [0.2, 0.25) is 0 Å². The van der Waals surface area contributed by atoms with Crippen LogP contribution in [0.15, 0.2) is 54.7 Å². The van der Waals surface area contributed by atoms with Gasteiger partial charge in [0.1, 0.15) is 17.2 Å². The Hall–Kier alpha value is -3.87. The molecule has 0 unspecified atom stereocenters. The van der Waals surface area contributed by atoms with Crippen LogP contribution in [-0.4, -0.2) is 27.5 Å². The first-order valence-electron chi connectivity index (χ1n) is 11.1. The van der Waals surface area contributed by atoms with Gasteiger partial charge in [-0.25, -0.2) is 4.98 Å². The zero-order chi connectivity index (χ0) is 23.5. The van der Waals surface area contributed by atoms with Crippen LogP contribution >= 0.6 is 0 Å². The van der Waals surface area contributed by atoms with Crippen molar-refractivity contribution in [3.63, 3.8) is 0 Å². The maximum atomic E-state index is 11.8. The fourth-order valence-electron chi connectivity index (χ4n) is 3.88. The molecule has 0 spiro atoms. The Balaban J connectivity index is 0.00000216. The number of aromatic nitrogens is 3. The molecule has 4 aromatic rings. The number of nitrogens with zero attached hydrogens (tertiary/aromatic N) is 3. The van der Waals surface area contributed by atoms with E-state index in [1.807, 2.05) is 29.8 Å². The van der Waals surface area contributed by atoms with Crippen LogP contribution in [0.3, 0.4) is 0 Å². The summed E-state index contributed by atoms with van der Waals surface area (Å²) in [5.41, 5.74) is 5.84. The molecule has 33 heavy (non-hydrogen) atoms. The fourth-order valence-corrected chi connectivity index (χ4v) is 3.88. The smallest absolute Gasteiger partial charge is 0.269 e. The highest BCUT2D eigenvalue weighted by Crippen LogP contribution is 2.30. The van der Waals surface area contributed by atoms with E-state index in [0.717, 1.165) is 29.1 Å². The molecule has 7 heteroatoms. The molecule has 4 rings (SSSR count). The van der Waals surface area contributed by atoms with Crippen LogP contribution in [0, 0.1) is 0 Å². The SMILES string of the molecule is CCc1ccc(Nc2nc3cc(Oc4ccnc(C(=O)NC)c4)ccc3n2C)cc1C(C)C.[HH].[HH]. The molecule has 0 atom stereocenters. The van der Waals surface area contributed by atoms with Crippen molar-refractivity contribution in [2.45, 2.75) is 33.1 Å². The van der Waals surface area contributed by atoms with Crippen molar-refractivity contribution in [3.8, 4) is 11.5 Å². The summed E-state index contributed by atoms with van der Waals surface area (Å²) in [6.45, 7) is 6.62. The zero-order valence-electron chi connectivity index (χ0n) is 19.6. The second-order valence-electron chi connectivity index (χ2n) is 8.25. The molecule has 2 N–H and O–H groups in total. The van der Waals surface area contributed by atoms with Crippen LogP contribution in [0.25, 0.3) is 11.0 Å². The third-order valence-corrected chi connectivity index (χ3v) is 5.68. The Morgan fingerprint density at radius 2 is 1.91 bits per heavy atom. The summed E-state index contributed by atoms with van der Waals surface area (Å²) < 4.78 is 7.99. The maximum absolute atomic E-state index is 11.8. The third kappa shape index (κ3) is 4.67. The average Bonchev–Trinajstić information content (AvgIpc) is 3.12. The van der Waals surface area contributed by atoms with Gasteiger partial charge in [0, 0.05) is 41.0 Å². The van der Waals surface area contributed by atoms with Gasteiger partial charge in [0.05, 0.1) is 11.0 Å². The number of fused-ring (bicyclic) bond motifs is 1. The topological polar surface area (TPSA) is 81.1 Å². The lowest BCUT2D eigenvalue weighted by Gasteiger charge is -2.14. The Morgan fingerprint density at radius 1 is 1.12 bits per heavy atom. The van der Waals surface area contributed by atoms with Crippen LogP contribution in [0.4, 0.5) is 11.6 Å². The number of carbonyl (C=O) groups is 1. The van der Waals surface area contributed by atoms with Gasteiger partial charge in [-0.1, -0.05) is 26.8 Å². The van der Waals surface area contributed by atoms with Gasteiger partial charge < -0.3 is 19.9 Å². The van der Waals surface area contributed by atoms with Crippen molar-refractivity contribution in [1.29, 1.82) is 0 Å². The molecule has 2 aromatic heterocycles. The van der Waals surface area contributed by atoms with Gasteiger partial charge in [-0.05, 0) is 53.8 Å². The van der Waals surface area contributed by atoms with Gasteiger partial charge in [-0.2, -0.15) is 0 Å². The Labute approximate surface area is 196 Å². The van der Waals surface area contributed by atoms with Crippen LogP contribution in [0.1, 0.15) is 51.2 Å². The van der Waals surface area contributed by atoms with Crippen LogP contribution in [0.5, 0.6) is 11.5 Å². The number of ether oxygens (including phenoxy) is 1. The second-order valence-corrected chi connectivity index (χ2v) is 8.25. The normalized spacial score (nSPS) is 11.1. The summed E-state index contributed by atoms with van der Waals surface area (Å²) in [4.78, 5) is 20.7. The predicted octanol–water partition coefficient (Wildman–Crippen LogP) is 6.04. The van der Waals surface area contributed by atoms with Gasteiger partial charge in [-0.15, -0.1) is 0 Å². The van der Waals surface area contributed by atoms with Crippen LogP contribution in [-0.2, 0) is 13.5 Å². The lowest BCUT2D eigenvalue weighted by Crippen LogP contribution is -2.18. The van der Waals surface area contributed by atoms with Crippen LogP contribution < -0.4 is 15.4 Å². The molecule has 1 amide bonds. The molecule has 0 bridgehead atoms. The summed E-state index contributed by atoms with van der Waals surface area (Å²) in [7, 11) is 3.56. The minimum Gasteiger partial charge on any atom is -0.457 e. The van der Waals surface area contributed by atoms with E-state index in [4.69, 9.17) is 9.72 Å². The molecular weight excluding hydrogens is 414 g/mol. The largest absolute Gasteiger partial charge is 0.457 e. The maximum Gasteiger partial charge on any atom is 0.269 e. The summed E-state index contributed by atoms with van der Waals surface area (Å²) in [6, 6.07) is 15.6. The number of amides is 1. The molecule has 0 saturated heterocycles. The molecular formula is C26H33N5O2. The summed E-state index contributed by atoms with van der Waals surface area (Å²) in [5, 5.41) is 6.03. The number of benzene rings is 2. The Kier molecular flexibility index (Phi) is 6.31. The van der Waals surface area contributed by atoms with E-state index in [0.29, 0.717) is 23.1 Å². The number of nitrogens with one attached hydrogen (secondary N) is 2. The lowest BCUT2D eigenvalue weighted by atomic mass is 9.95. The molecule has 0 saturated carbocycles. The van der Waals surface area contributed by atoms with E-state index < -0.39 is 0 Å². The minimum atomic E-state index is -0.260. The highest BCUT2D eigenvalue weighted by molar-refractivity contribution is 5.92. The molecule has 7 nitrogen and oxygen atoms in total. The first-order chi connectivity index (χ1) is 15.9. The Bertz CT molecular complexity index is 1320. The van der Waals surface area contributed by atoms with Crippen molar-refractivity contribution in [2.24, 2.45) is 7.05 Å². The number of anilines is 2. The van der Waals surface area contributed by atoms with E-state index in [1.54, 1.807) is 25.4 Å². The number of hydrogen-bond acceptors (Lipinski definition) is 5. The van der Waals surface area contributed by atoms with E-state index in [2.05, 4.69) is 54.6 Å². The minimum absolute atomic E-state index is 0. The van der Waals surface area contributed by atoms with Crippen molar-refractivity contribution < 1.29 is 12.4 Å². The molecule has 0 aliphatic rings. The number of pyridine rings is 1. The first-order valence-corrected chi connectivity index (χ1v) is 11.1. The number of rotatable bonds is 7. The third-order valence-electron chi connectivity index (χ3n) is 5.68. The number of carbonyl (C=O) groups excluding carboxylic acids is 1.